The van der Waals surface area contributed by atoms with Crippen LogP contribution in [0.2, 0.25) is 0 Å². The second-order valence-electron chi connectivity index (χ2n) is 6.60. The highest BCUT2D eigenvalue weighted by molar-refractivity contribution is 6.05. The molecule has 1 aromatic heterocycles. The molecule has 0 saturated heterocycles. The summed E-state index contributed by atoms with van der Waals surface area (Å²) in [7, 11) is 3.23. The van der Waals surface area contributed by atoms with Crippen LogP contribution in [0.5, 0.6) is 11.5 Å². The van der Waals surface area contributed by atoms with Crippen molar-refractivity contribution in [3.63, 3.8) is 0 Å². The number of ether oxygens (including phenoxy) is 2. The fourth-order valence-corrected chi connectivity index (χ4v) is 2.82. The molecule has 154 valence electrons. The lowest BCUT2D eigenvalue weighted by Gasteiger charge is -2.12. The molecule has 0 aliphatic heterocycles. The Hall–Kier alpha value is -3.87. The zero-order chi connectivity index (χ0) is 21.5. The van der Waals surface area contributed by atoms with Crippen LogP contribution < -0.4 is 14.8 Å². The van der Waals surface area contributed by atoms with E-state index in [-0.39, 0.29) is 18.3 Å². The van der Waals surface area contributed by atoms with Crippen LogP contribution in [0.4, 0.5) is 5.69 Å². The number of nitrogens with zero attached hydrogens (tertiary/aromatic N) is 2. The van der Waals surface area contributed by atoms with E-state index in [4.69, 9.17) is 9.47 Å². The minimum Gasteiger partial charge on any atom is -0.493 e. The molecule has 0 spiro atoms. The SMILES string of the molecule is COc1cc(/C=C/C(=O)c2ccnn2C)ccc1OCC(=O)Nc1ccccc1C. The van der Waals surface area contributed by atoms with Gasteiger partial charge in [-0.1, -0.05) is 30.3 Å². The van der Waals surface area contributed by atoms with E-state index >= 15 is 0 Å². The summed E-state index contributed by atoms with van der Waals surface area (Å²) in [4.78, 5) is 24.4. The largest absolute Gasteiger partial charge is 0.493 e. The first-order valence-electron chi connectivity index (χ1n) is 9.34. The van der Waals surface area contributed by atoms with E-state index < -0.39 is 0 Å². The summed E-state index contributed by atoms with van der Waals surface area (Å²) < 4.78 is 12.5. The molecule has 30 heavy (non-hydrogen) atoms. The number of ketones is 1. The Morgan fingerprint density at radius 2 is 1.93 bits per heavy atom. The first-order chi connectivity index (χ1) is 14.5. The number of methoxy groups -OCH3 is 1. The molecule has 1 heterocycles. The van der Waals surface area contributed by atoms with Crippen LogP contribution in [0.1, 0.15) is 21.6 Å². The number of rotatable bonds is 8. The normalized spacial score (nSPS) is 10.8. The van der Waals surface area contributed by atoms with E-state index in [0.717, 1.165) is 16.8 Å². The van der Waals surface area contributed by atoms with Crippen molar-refractivity contribution in [3.8, 4) is 11.5 Å². The summed E-state index contributed by atoms with van der Waals surface area (Å²) in [5.74, 6) is 0.487. The predicted molar refractivity (Wildman–Crippen MR) is 115 cm³/mol. The minimum atomic E-state index is -0.267. The van der Waals surface area contributed by atoms with Crippen molar-refractivity contribution in [2.75, 3.05) is 19.0 Å². The van der Waals surface area contributed by atoms with Crippen LogP contribution in [-0.4, -0.2) is 35.2 Å². The molecule has 0 aliphatic carbocycles. The number of aryl methyl sites for hydroxylation is 2. The lowest BCUT2D eigenvalue weighted by atomic mass is 10.1. The average Bonchev–Trinajstić information content (AvgIpc) is 3.18. The molecular weight excluding hydrogens is 382 g/mol. The molecule has 0 atom stereocenters. The third-order valence-corrected chi connectivity index (χ3v) is 4.47. The van der Waals surface area contributed by atoms with Crippen molar-refractivity contribution in [3.05, 3.63) is 77.6 Å². The quantitative estimate of drug-likeness (QED) is 0.457. The van der Waals surface area contributed by atoms with E-state index in [9.17, 15) is 9.59 Å². The third kappa shape index (κ3) is 5.14. The van der Waals surface area contributed by atoms with Gasteiger partial charge in [0, 0.05) is 18.9 Å². The summed E-state index contributed by atoms with van der Waals surface area (Å²) in [6.07, 6.45) is 4.74. The summed E-state index contributed by atoms with van der Waals surface area (Å²) >= 11 is 0. The highest BCUT2D eigenvalue weighted by Gasteiger charge is 2.10. The standard InChI is InChI=1S/C23H23N3O4/c1-16-6-4-5-7-18(16)25-23(28)15-30-21-11-9-17(14-22(21)29-3)8-10-20(27)19-12-13-24-26(19)2/h4-14H,15H2,1-3H3,(H,25,28)/b10-8+. The van der Waals surface area contributed by atoms with E-state index in [1.165, 1.54) is 17.9 Å². The zero-order valence-electron chi connectivity index (χ0n) is 17.1. The predicted octanol–water partition coefficient (Wildman–Crippen LogP) is 3.65. The number of anilines is 1. The van der Waals surface area contributed by atoms with Crippen LogP contribution in [-0.2, 0) is 11.8 Å². The molecule has 0 aliphatic rings. The van der Waals surface area contributed by atoms with Gasteiger partial charge >= 0.3 is 0 Å². The number of benzene rings is 2. The molecule has 1 amide bonds. The molecule has 0 fully saturated rings. The van der Waals surface area contributed by atoms with Gasteiger partial charge in [-0.05, 0) is 48.4 Å². The van der Waals surface area contributed by atoms with Crippen molar-refractivity contribution in [1.82, 2.24) is 9.78 Å². The van der Waals surface area contributed by atoms with E-state index in [1.807, 2.05) is 31.2 Å². The highest BCUT2D eigenvalue weighted by Crippen LogP contribution is 2.28. The molecule has 0 radical (unpaired) electrons. The number of amides is 1. The molecule has 7 heteroatoms. The van der Waals surface area contributed by atoms with Crippen molar-refractivity contribution >= 4 is 23.5 Å². The van der Waals surface area contributed by atoms with Gasteiger partial charge in [-0.25, -0.2) is 0 Å². The Balaban J connectivity index is 1.63. The molecule has 0 unspecified atom stereocenters. The maximum absolute atomic E-state index is 12.2. The highest BCUT2D eigenvalue weighted by atomic mass is 16.5. The molecular formula is C23H23N3O4. The maximum Gasteiger partial charge on any atom is 0.262 e. The van der Waals surface area contributed by atoms with E-state index in [0.29, 0.717) is 17.2 Å². The van der Waals surface area contributed by atoms with Crippen molar-refractivity contribution in [2.24, 2.45) is 7.05 Å². The number of para-hydroxylation sites is 1. The van der Waals surface area contributed by atoms with Gasteiger partial charge in [-0.15, -0.1) is 0 Å². The monoisotopic (exact) mass is 405 g/mol. The maximum atomic E-state index is 12.2. The summed E-state index contributed by atoms with van der Waals surface area (Å²) in [6, 6.07) is 14.4. The van der Waals surface area contributed by atoms with Crippen molar-refractivity contribution < 1.29 is 19.1 Å². The minimum absolute atomic E-state index is 0.151. The van der Waals surface area contributed by atoms with Crippen LogP contribution in [0.3, 0.4) is 0 Å². The molecule has 0 saturated carbocycles. The number of aromatic nitrogens is 2. The van der Waals surface area contributed by atoms with Gasteiger partial charge in [0.15, 0.2) is 18.1 Å². The van der Waals surface area contributed by atoms with Gasteiger partial charge in [0.25, 0.3) is 5.91 Å². The van der Waals surface area contributed by atoms with Gasteiger partial charge < -0.3 is 14.8 Å². The lowest BCUT2D eigenvalue weighted by Crippen LogP contribution is -2.20. The second-order valence-corrected chi connectivity index (χ2v) is 6.60. The van der Waals surface area contributed by atoms with E-state index in [1.54, 1.807) is 43.6 Å². The number of hydrogen-bond donors (Lipinski definition) is 1. The molecule has 0 bridgehead atoms. The smallest absolute Gasteiger partial charge is 0.262 e. The molecule has 7 nitrogen and oxygen atoms in total. The van der Waals surface area contributed by atoms with Gasteiger partial charge in [0.05, 0.1) is 7.11 Å². The Morgan fingerprint density at radius 1 is 1.13 bits per heavy atom. The van der Waals surface area contributed by atoms with Crippen molar-refractivity contribution in [1.29, 1.82) is 0 Å². The number of carbonyl (C=O) groups excluding carboxylic acids is 2. The molecule has 2 aromatic carbocycles. The Kier molecular flexibility index (Phi) is 6.64. The number of carbonyl (C=O) groups is 2. The van der Waals surface area contributed by atoms with Crippen LogP contribution in [0.15, 0.2) is 60.8 Å². The topological polar surface area (TPSA) is 82.4 Å². The van der Waals surface area contributed by atoms with Crippen molar-refractivity contribution in [2.45, 2.75) is 6.92 Å². The summed E-state index contributed by atoms with van der Waals surface area (Å²) in [5, 5.41) is 6.81. The van der Waals surface area contributed by atoms with Crippen LogP contribution in [0, 0.1) is 6.92 Å². The second kappa shape index (κ2) is 9.56. The van der Waals surface area contributed by atoms with E-state index in [2.05, 4.69) is 10.4 Å². The number of hydrogen-bond acceptors (Lipinski definition) is 5. The Morgan fingerprint density at radius 3 is 2.63 bits per heavy atom. The lowest BCUT2D eigenvalue weighted by molar-refractivity contribution is -0.118. The van der Waals surface area contributed by atoms with Gasteiger partial charge in [-0.2, -0.15) is 5.10 Å². The number of nitrogens with one attached hydrogen (secondary N) is 1. The fourth-order valence-electron chi connectivity index (χ4n) is 2.82. The van der Waals surface area contributed by atoms with Gasteiger partial charge in [0.2, 0.25) is 5.78 Å². The fraction of sp³-hybridized carbons (Fsp3) is 0.174. The summed E-state index contributed by atoms with van der Waals surface area (Å²) in [5.41, 5.74) is 2.98. The first-order valence-corrected chi connectivity index (χ1v) is 9.34. The van der Waals surface area contributed by atoms with Crippen LogP contribution >= 0.6 is 0 Å². The third-order valence-electron chi connectivity index (χ3n) is 4.47. The number of allylic oxidation sites excluding steroid dienone is 1. The molecule has 3 aromatic rings. The van der Waals surface area contributed by atoms with Crippen LogP contribution in [0.25, 0.3) is 6.08 Å². The Bertz CT molecular complexity index is 1090. The van der Waals surface area contributed by atoms with Gasteiger partial charge in [0.1, 0.15) is 5.69 Å². The Labute approximate surface area is 174 Å². The van der Waals surface area contributed by atoms with Gasteiger partial charge in [-0.3, -0.25) is 14.3 Å². The summed E-state index contributed by atoms with van der Waals surface area (Å²) in [6.45, 7) is 1.77. The zero-order valence-corrected chi connectivity index (χ0v) is 17.1. The molecule has 1 N–H and O–H groups in total. The average molecular weight is 405 g/mol. The molecule has 3 rings (SSSR count). The first kappa shape index (κ1) is 20.9.